The Morgan fingerprint density at radius 2 is 2.00 bits per heavy atom. The van der Waals surface area contributed by atoms with E-state index in [9.17, 15) is 4.39 Å². The molecule has 0 saturated heterocycles. The minimum absolute atomic E-state index is 0.0644. The Morgan fingerprint density at radius 3 is 2.62 bits per heavy atom. The van der Waals surface area contributed by atoms with Crippen LogP contribution in [-0.4, -0.2) is 22.6 Å². The van der Waals surface area contributed by atoms with Crippen LogP contribution >= 0.6 is 0 Å². The maximum atomic E-state index is 14.6. The second-order valence-electron chi connectivity index (χ2n) is 5.98. The smallest absolute Gasteiger partial charge is 0.170 e. The van der Waals surface area contributed by atoms with Crippen molar-refractivity contribution in [1.82, 2.24) is 15.3 Å². The van der Waals surface area contributed by atoms with E-state index in [0.717, 1.165) is 5.69 Å². The highest BCUT2D eigenvalue weighted by atomic mass is 19.1. The molecular weight excluding hydrogens is 267 g/mol. The first-order chi connectivity index (χ1) is 9.88. The Morgan fingerprint density at radius 1 is 1.24 bits per heavy atom. The highest BCUT2D eigenvalue weighted by Gasteiger charge is 2.16. The minimum atomic E-state index is -0.305. The number of pyridine rings is 2. The van der Waals surface area contributed by atoms with Crippen molar-refractivity contribution < 1.29 is 4.39 Å². The molecule has 0 aliphatic rings. The number of aromatic nitrogens is 2. The molecule has 0 aromatic carbocycles. The van der Waals surface area contributed by atoms with Crippen molar-refractivity contribution in [1.29, 1.82) is 0 Å². The fourth-order valence-electron chi connectivity index (χ4n) is 1.88. The van der Waals surface area contributed by atoms with Crippen molar-refractivity contribution in [2.45, 2.75) is 32.9 Å². The average Bonchev–Trinajstić information content (AvgIpc) is 2.45. The third kappa shape index (κ3) is 3.98. The van der Waals surface area contributed by atoms with E-state index in [1.165, 1.54) is 0 Å². The van der Waals surface area contributed by atoms with Crippen molar-refractivity contribution in [2.75, 3.05) is 11.9 Å². The normalized spacial score (nSPS) is 11.5. The zero-order valence-electron chi connectivity index (χ0n) is 12.9. The number of nitrogens with one attached hydrogen (secondary N) is 1. The van der Waals surface area contributed by atoms with E-state index >= 15 is 0 Å². The van der Waals surface area contributed by atoms with Gasteiger partial charge in [-0.15, -0.1) is 0 Å². The fourth-order valence-corrected chi connectivity index (χ4v) is 1.88. The molecule has 2 rings (SSSR count). The summed E-state index contributed by atoms with van der Waals surface area (Å²) in [5.74, 6) is -0.00295. The fraction of sp³-hybridized carbons (Fsp3) is 0.375. The zero-order chi connectivity index (χ0) is 15.5. The van der Waals surface area contributed by atoms with Crippen LogP contribution in [-0.2, 0) is 6.54 Å². The van der Waals surface area contributed by atoms with Crippen molar-refractivity contribution >= 4 is 11.5 Å². The first-order valence-corrected chi connectivity index (χ1v) is 6.90. The van der Waals surface area contributed by atoms with E-state index in [2.05, 4.69) is 36.1 Å². The van der Waals surface area contributed by atoms with E-state index < -0.39 is 0 Å². The van der Waals surface area contributed by atoms with Gasteiger partial charge in [-0.2, -0.15) is 0 Å². The predicted molar refractivity (Wildman–Crippen MR) is 83.1 cm³/mol. The molecule has 2 aromatic heterocycles. The van der Waals surface area contributed by atoms with Gasteiger partial charge >= 0.3 is 0 Å². The molecule has 5 heteroatoms. The largest absolute Gasteiger partial charge is 0.326 e. The lowest BCUT2D eigenvalue weighted by atomic mass is 10.1. The molecule has 0 unspecified atom stereocenters. The summed E-state index contributed by atoms with van der Waals surface area (Å²) in [6.07, 6.45) is 5.00. The van der Waals surface area contributed by atoms with Crippen LogP contribution in [0.3, 0.4) is 0 Å². The van der Waals surface area contributed by atoms with Gasteiger partial charge in [0.05, 0.1) is 11.9 Å². The third-order valence-electron chi connectivity index (χ3n) is 3.11. The number of hydrogen-bond acceptors (Lipinski definition) is 4. The summed E-state index contributed by atoms with van der Waals surface area (Å²) in [5, 5.41) is 3.29. The zero-order valence-corrected chi connectivity index (χ0v) is 12.9. The maximum absolute atomic E-state index is 14.6. The van der Waals surface area contributed by atoms with Crippen LogP contribution in [0.2, 0.25) is 0 Å². The highest BCUT2D eigenvalue weighted by molar-refractivity contribution is 5.59. The minimum Gasteiger partial charge on any atom is -0.326 e. The van der Waals surface area contributed by atoms with Crippen LogP contribution in [0, 0.1) is 5.82 Å². The van der Waals surface area contributed by atoms with Gasteiger partial charge in [0.1, 0.15) is 0 Å². The molecule has 0 aliphatic heterocycles. The molecule has 0 saturated carbocycles. The Labute approximate surface area is 125 Å². The summed E-state index contributed by atoms with van der Waals surface area (Å²) >= 11 is 0. The average molecular weight is 288 g/mol. The summed E-state index contributed by atoms with van der Waals surface area (Å²) in [6.45, 7) is 6.62. The van der Waals surface area contributed by atoms with Gasteiger partial charge < -0.3 is 10.2 Å². The van der Waals surface area contributed by atoms with E-state index in [1.54, 1.807) is 36.6 Å². The van der Waals surface area contributed by atoms with E-state index in [1.807, 2.05) is 12.1 Å². The molecule has 4 nitrogen and oxygen atoms in total. The SMILES string of the molecule is CN(c1cccnc1)c1nccc(CNC(C)(C)C)c1F. The molecule has 2 aromatic rings. The van der Waals surface area contributed by atoms with Gasteiger partial charge in [-0.3, -0.25) is 4.98 Å². The van der Waals surface area contributed by atoms with Crippen LogP contribution in [0.15, 0.2) is 36.8 Å². The van der Waals surface area contributed by atoms with Crippen LogP contribution in [0.25, 0.3) is 0 Å². The van der Waals surface area contributed by atoms with E-state index in [4.69, 9.17) is 0 Å². The van der Waals surface area contributed by atoms with Crippen molar-refractivity contribution in [3.8, 4) is 0 Å². The highest BCUT2D eigenvalue weighted by Crippen LogP contribution is 2.25. The standard InChI is InChI=1S/C16H21FN4/c1-16(2,3)20-10-12-7-9-19-15(14(12)17)21(4)13-6-5-8-18-11-13/h5-9,11,20H,10H2,1-4H3. The first-order valence-electron chi connectivity index (χ1n) is 6.90. The molecule has 0 radical (unpaired) electrons. The molecule has 1 N–H and O–H groups in total. The van der Waals surface area contributed by atoms with Crippen molar-refractivity contribution in [3.63, 3.8) is 0 Å². The molecule has 0 spiro atoms. The number of halogens is 1. The number of nitrogens with zero attached hydrogens (tertiary/aromatic N) is 3. The molecule has 0 aliphatic carbocycles. The second-order valence-corrected chi connectivity index (χ2v) is 5.98. The predicted octanol–water partition coefficient (Wildman–Crippen LogP) is 3.27. The Bertz CT molecular complexity index is 593. The summed E-state index contributed by atoms with van der Waals surface area (Å²) in [5.41, 5.74) is 1.33. The van der Waals surface area contributed by atoms with Crippen LogP contribution in [0.1, 0.15) is 26.3 Å². The van der Waals surface area contributed by atoms with Gasteiger partial charge in [0.2, 0.25) is 0 Å². The lowest BCUT2D eigenvalue weighted by molar-refractivity contribution is 0.418. The molecule has 2 heterocycles. The van der Waals surface area contributed by atoms with Gasteiger partial charge in [-0.1, -0.05) is 0 Å². The van der Waals surface area contributed by atoms with Gasteiger partial charge in [-0.05, 0) is 39.0 Å². The molecule has 0 bridgehead atoms. The third-order valence-corrected chi connectivity index (χ3v) is 3.11. The second kappa shape index (κ2) is 6.18. The van der Waals surface area contributed by atoms with Crippen molar-refractivity contribution in [3.05, 3.63) is 48.2 Å². The Hall–Kier alpha value is -2.01. The lowest BCUT2D eigenvalue weighted by Gasteiger charge is -2.22. The molecular formula is C16H21FN4. The first kappa shape index (κ1) is 15.4. The quantitative estimate of drug-likeness (QED) is 0.937. The Kier molecular flexibility index (Phi) is 4.53. The van der Waals surface area contributed by atoms with Gasteiger partial charge in [0.25, 0.3) is 0 Å². The lowest BCUT2D eigenvalue weighted by Crippen LogP contribution is -2.35. The van der Waals surface area contributed by atoms with E-state index in [-0.39, 0.29) is 11.4 Å². The van der Waals surface area contributed by atoms with Crippen LogP contribution in [0.5, 0.6) is 0 Å². The molecule has 0 atom stereocenters. The summed E-state index contributed by atoms with van der Waals surface area (Å²) in [6, 6.07) is 5.39. The van der Waals surface area contributed by atoms with Gasteiger partial charge in [-0.25, -0.2) is 9.37 Å². The number of anilines is 2. The number of rotatable bonds is 4. The molecule has 0 fully saturated rings. The molecule has 21 heavy (non-hydrogen) atoms. The maximum Gasteiger partial charge on any atom is 0.170 e. The van der Waals surface area contributed by atoms with Crippen LogP contribution in [0.4, 0.5) is 15.9 Å². The number of hydrogen-bond donors (Lipinski definition) is 1. The van der Waals surface area contributed by atoms with Gasteiger partial charge in [0.15, 0.2) is 11.6 Å². The topological polar surface area (TPSA) is 41.1 Å². The van der Waals surface area contributed by atoms with E-state index in [0.29, 0.717) is 17.9 Å². The molecule has 112 valence electrons. The van der Waals surface area contributed by atoms with Crippen molar-refractivity contribution in [2.24, 2.45) is 0 Å². The summed E-state index contributed by atoms with van der Waals surface area (Å²) < 4.78 is 14.6. The summed E-state index contributed by atoms with van der Waals surface area (Å²) in [4.78, 5) is 9.90. The monoisotopic (exact) mass is 288 g/mol. The summed E-state index contributed by atoms with van der Waals surface area (Å²) in [7, 11) is 1.78. The van der Waals surface area contributed by atoms with Gasteiger partial charge in [0, 0.05) is 37.1 Å². The Balaban J connectivity index is 2.25. The van der Waals surface area contributed by atoms with Crippen LogP contribution < -0.4 is 10.2 Å². The molecule has 0 amide bonds.